The van der Waals surface area contributed by atoms with Crippen molar-refractivity contribution in [2.45, 2.75) is 79.7 Å². The molecular weight excluding hydrogens is 626 g/mol. The van der Waals surface area contributed by atoms with Crippen molar-refractivity contribution in [2.24, 2.45) is 0 Å². The number of benzene rings is 2. The molecule has 6 aliphatic rings. The first-order chi connectivity index (χ1) is 22.9. The van der Waals surface area contributed by atoms with Crippen LogP contribution in [0.1, 0.15) is 57.9 Å². The number of rotatable bonds is 5. The second-order valence-corrected chi connectivity index (χ2v) is 13.3. The third-order valence-electron chi connectivity index (χ3n) is 11.0. The molecule has 3 aliphatic carbocycles. The van der Waals surface area contributed by atoms with E-state index in [1.807, 2.05) is 19.1 Å². The number of ketones is 1. The molecule has 2 aromatic rings. The molecule has 0 unspecified atom stereocenters. The highest BCUT2D eigenvalue weighted by atomic mass is 16.8. The molecule has 0 amide bonds. The molecule has 3 heterocycles. The molecule has 8 rings (SSSR count). The van der Waals surface area contributed by atoms with Gasteiger partial charge in [-0.25, -0.2) is 4.79 Å². The van der Waals surface area contributed by atoms with Gasteiger partial charge in [-0.05, 0) is 83.1 Å². The lowest BCUT2D eigenvalue weighted by Crippen LogP contribution is -2.94. The van der Waals surface area contributed by atoms with Crippen LogP contribution in [-0.4, -0.2) is 96.8 Å². The van der Waals surface area contributed by atoms with Gasteiger partial charge in [-0.2, -0.15) is 0 Å². The summed E-state index contributed by atoms with van der Waals surface area (Å²) < 4.78 is 34.8. The Labute approximate surface area is 275 Å². The number of aliphatic hydroxyl groups is 3. The second kappa shape index (κ2) is 10.7. The fraction of sp³-hybridized carbons (Fsp3) is 0.457. The SMILES string of the molecule is C[NH2+][C@H]1[C@@H](O[C@@H]2c3cc4c(cc3[C@@H]3[C@H]2OC(=O)[C@@]32C(=O)C=Cc3c(C)cc(OC)cc32)[C@@](O)([C@H]2COC(=O)O2)C=C4)O[C@H](C)[C@H](O)[C@@H]1O. The summed E-state index contributed by atoms with van der Waals surface area (Å²) in [5, 5.41) is 35.1. The first-order valence-corrected chi connectivity index (χ1v) is 16.0. The minimum absolute atomic E-state index is 0.171. The molecular formula is C35H36NO12+. The second-order valence-electron chi connectivity index (χ2n) is 13.3. The molecule has 3 fully saturated rings. The summed E-state index contributed by atoms with van der Waals surface area (Å²) >= 11 is 0. The molecule has 0 aromatic heterocycles. The summed E-state index contributed by atoms with van der Waals surface area (Å²) in [5.74, 6) is -1.69. The van der Waals surface area contributed by atoms with Crippen molar-refractivity contribution in [1.82, 2.24) is 0 Å². The number of likely N-dealkylation sites (N-methyl/N-ethyl adjacent to an activating group) is 1. The van der Waals surface area contributed by atoms with E-state index >= 15 is 0 Å². The van der Waals surface area contributed by atoms with Crippen molar-refractivity contribution in [3.8, 4) is 5.75 Å². The van der Waals surface area contributed by atoms with Crippen molar-refractivity contribution in [3.63, 3.8) is 0 Å². The maximum atomic E-state index is 14.4. The van der Waals surface area contributed by atoms with Gasteiger partial charge in [-0.3, -0.25) is 9.59 Å². The summed E-state index contributed by atoms with van der Waals surface area (Å²) in [5.41, 5.74) is 0.476. The Morgan fingerprint density at radius 1 is 0.979 bits per heavy atom. The molecule has 0 radical (unpaired) electrons. The Balaban J connectivity index is 1.32. The Morgan fingerprint density at radius 2 is 1.77 bits per heavy atom. The highest BCUT2D eigenvalue weighted by molar-refractivity contribution is 6.20. The highest BCUT2D eigenvalue weighted by Gasteiger charge is 2.70. The minimum Gasteiger partial charge on any atom is -0.497 e. The zero-order valence-corrected chi connectivity index (χ0v) is 26.6. The molecule has 11 atom stereocenters. The number of allylic oxidation sites excluding steroid dienone is 1. The topological polar surface area (TPSA) is 184 Å². The van der Waals surface area contributed by atoms with Gasteiger partial charge in [0.1, 0.15) is 42.4 Å². The van der Waals surface area contributed by atoms with E-state index in [2.05, 4.69) is 0 Å². The number of ether oxygens (including phenoxy) is 6. The molecule has 48 heavy (non-hydrogen) atoms. The summed E-state index contributed by atoms with van der Waals surface area (Å²) in [4.78, 5) is 40.5. The van der Waals surface area contributed by atoms with Crippen LogP contribution in [0.2, 0.25) is 0 Å². The van der Waals surface area contributed by atoms with Crippen LogP contribution in [0.15, 0.2) is 36.4 Å². The standard InChI is InChI=1S/C35H35NO12/c1-14-9-17(43-4)11-22-18(14)5-6-23(37)35(22)25-19-12-21-16(7-8-34(21,42)24-13-44-33(41)46-24)10-20(19)29(30(25)48-32(35)40)47-31-26(36-3)28(39)27(38)15(2)45-31/h5-12,15,24-31,36,38-39,42H,13H2,1-4H3/p+1/t15-,24-,25-,26-,27+,28-,29-,30-,31-,34-,35+/m1/s1. The minimum atomic E-state index is -1.82. The number of carbonyl (C=O) groups excluding carboxylic acids is 3. The predicted octanol–water partition coefficient (Wildman–Crippen LogP) is 0.396. The van der Waals surface area contributed by atoms with Gasteiger partial charge in [0.2, 0.25) is 6.29 Å². The van der Waals surface area contributed by atoms with Crippen LogP contribution >= 0.6 is 0 Å². The van der Waals surface area contributed by atoms with Crippen LogP contribution in [0.25, 0.3) is 12.2 Å². The van der Waals surface area contributed by atoms with Crippen LogP contribution in [0.3, 0.4) is 0 Å². The van der Waals surface area contributed by atoms with E-state index in [-0.39, 0.29) is 6.61 Å². The summed E-state index contributed by atoms with van der Waals surface area (Å²) in [6.07, 6.45) is -1.73. The van der Waals surface area contributed by atoms with E-state index < -0.39 is 83.8 Å². The fourth-order valence-corrected chi connectivity index (χ4v) is 8.47. The number of cyclic esters (lactones) is 2. The lowest BCUT2D eigenvalue weighted by Gasteiger charge is -2.40. The third-order valence-corrected chi connectivity index (χ3v) is 11.0. The number of carbonyl (C=O) groups is 3. The summed E-state index contributed by atoms with van der Waals surface area (Å²) in [7, 11) is 3.23. The van der Waals surface area contributed by atoms with Gasteiger partial charge in [-0.1, -0.05) is 18.2 Å². The monoisotopic (exact) mass is 662 g/mol. The average molecular weight is 663 g/mol. The normalized spacial score (nSPS) is 38.7. The lowest BCUT2D eigenvalue weighted by atomic mass is 9.62. The van der Waals surface area contributed by atoms with Crippen LogP contribution in [-0.2, 0) is 44.3 Å². The van der Waals surface area contributed by atoms with Crippen LogP contribution < -0.4 is 10.1 Å². The Hall–Kier alpha value is -4.11. The van der Waals surface area contributed by atoms with Crippen molar-refractivity contribution < 1.29 is 63.4 Å². The predicted molar refractivity (Wildman–Crippen MR) is 163 cm³/mol. The Morgan fingerprint density at radius 3 is 2.48 bits per heavy atom. The zero-order chi connectivity index (χ0) is 33.9. The number of methoxy groups -OCH3 is 1. The Kier molecular flexibility index (Phi) is 6.95. The molecule has 2 aromatic carbocycles. The highest BCUT2D eigenvalue weighted by Crippen LogP contribution is 2.62. The van der Waals surface area contributed by atoms with Gasteiger partial charge in [0.15, 0.2) is 23.3 Å². The van der Waals surface area contributed by atoms with Crippen LogP contribution in [0.4, 0.5) is 4.79 Å². The molecule has 3 saturated heterocycles. The molecule has 0 saturated carbocycles. The van der Waals surface area contributed by atoms with Crippen molar-refractivity contribution in [2.75, 3.05) is 20.8 Å². The van der Waals surface area contributed by atoms with E-state index in [1.165, 1.54) is 19.3 Å². The number of hydrogen-bond acceptors (Lipinski definition) is 12. The molecule has 3 aliphatic heterocycles. The van der Waals surface area contributed by atoms with E-state index in [0.717, 1.165) is 5.56 Å². The number of hydrogen-bond donors (Lipinski definition) is 4. The number of nitrogens with two attached hydrogens (primary N) is 1. The quantitative estimate of drug-likeness (QED) is 0.256. The van der Waals surface area contributed by atoms with Gasteiger partial charge in [0, 0.05) is 0 Å². The maximum absolute atomic E-state index is 14.4. The van der Waals surface area contributed by atoms with Crippen molar-refractivity contribution >= 4 is 30.1 Å². The number of aryl methyl sites for hydroxylation is 1. The molecule has 13 heteroatoms. The maximum Gasteiger partial charge on any atom is 0.508 e. The van der Waals surface area contributed by atoms with E-state index in [0.29, 0.717) is 39.1 Å². The van der Waals surface area contributed by atoms with Crippen molar-refractivity contribution in [3.05, 3.63) is 75.4 Å². The Bertz CT molecular complexity index is 1820. The first kappa shape index (κ1) is 31.2. The van der Waals surface area contributed by atoms with Gasteiger partial charge in [-0.15, -0.1) is 0 Å². The number of aliphatic hydroxyl groups excluding tert-OH is 2. The first-order valence-electron chi connectivity index (χ1n) is 16.0. The van der Waals surface area contributed by atoms with Gasteiger partial charge < -0.3 is 49.1 Å². The summed E-state index contributed by atoms with van der Waals surface area (Å²) in [6.45, 7) is 3.33. The molecule has 1 spiro atoms. The molecule has 5 N–H and O–H groups in total. The van der Waals surface area contributed by atoms with Gasteiger partial charge in [0.05, 0.1) is 26.2 Å². The zero-order valence-electron chi connectivity index (χ0n) is 26.6. The molecule has 13 nitrogen and oxygen atoms in total. The van der Waals surface area contributed by atoms with E-state index in [9.17, 15) is 29.7 Å². The number of quaternary nitrogens is 1. The lowest BCUT2D eigenvalue weighted by molar-refractivity contribution is -0.696. The molecule has 0 bridgehead atoms. The van der Waals surface area contributed by atoms with E-state index in [4.69, 9.17) is 28.4 Å². The smallest absolute Gasteiger partial charge is 0.497 e. The largest absolute Gasteiger partial charge is 0.508 e. The summed E-state index contributed by atoms with van der Waals surface area (Å²) in [6, 6.07) is 6.32. The number of esters is 1. The molecule has 252 valence electrons. The van der Waals surface area contributed by atoms with Gasteiger partial charge in [0.25, 0.3) is 0 Å². The average Bonchev–Trinajstić information content (AvgIpc) is 3.80. The third kappa shape index (κ3) is 4.03. The van der Waals surface area contributed by atoms with E-state index in [1.54, 1.807) is 43.6 Å². The fourth-order valence-electron chi connectivity index (χ4n) is 8.47. The number of fused-ring (bicyclic) bond motifs is 7. The van der Waals surface area contributed by atoms with Crippen LogP contribution in [0, 0.1) is 6.92 Å². The van der Waals surface area contributed by atoms with Crippen LogP contribution in [0.5, 0.6) is 5.75 Å². The van der Waals surface area contributed by atoms with Gasteiger partial charge >= 0.3 is 12.1 Å². The van der Waals surface area contributed by atoms with Crippen molar-refractivity contribution in [1.29, 1.82) is 0 Å².